The van der Waals surface area contributed by atoms with Gasteiger partial charge in [0.15, 0.2) is 5.75 Å². The van der Waals surface area contributed by atoms with E-state index in [1.807, 2.05) is 13.8 Å². The van der Waals surface area contributed by atoms with Gasteiger partial charge in [0.25, 0.3) is 5.91 Å². The normalized spacial score (nSPS) is 11.1. The second-order valence-electron chi connectivity index (χ2n) is 5.76. The van der Waals surface area contributed by atoms with Crippen LogP contribution in [0.25, 0.3) is 0 Å². The molecule has 2 rings (SSSR count). The first-order valence-electron chi connectivity index (χ1n) is 7.61. The SMILES string of the molecule is CC(C)COc1c(Cl)cc(/C=N\NC(=O)c2ccc(O)cc2)cc1Cl. The molecule has 0 bridgehead atoms. The van der Waals surface area contributed by atoms with Gasteiger partial charge in [0.2, 0.25) is 0 Å². The number of benzene rings is 2. The van der Waals surface area contributed by atoms with Crippen molar-refractivity contribution in [3.63, 3.8) is 0 Å². The molecule has 0 radical (unpaired) electrons. The Kier molecular flexibility index (Phi) is 6.67. The number of amides is 1. The van der Waals surface area contributed by atoms with E-state index in [4.69, 9.17) is 27.9 Å². The third-order valence-corrected chi connectivity index (χ3v) is 3.65. The molecule has 0 spiro atoms. The van der Waals surface area contributed by atoms with Crippen molar-refractivity contribution < 1.29 is 14.6 Å². The number of hydrazone groups is 1. The number of nitrogens with zero attached hydrogens (tertiary/aromatic N) is 1. The summed E-state index contributed by atoms with van der Waals surface area (Å²) in [6.45, 7) is 4.56. The van der Waals surface area contributed by atoms with Gasteiger partial charge < -0.3 is 9.84 Å². The van der Waals surface area contributed by atoms with Crippen molar-refractivity contribution in [3.8, 4) is 11.5 Å². The number of rotatable bonds is 6. The molecule has 0 aliphatic carbocycles. The lowest BCUT2D eigenvalue weighted by atomic mass is 10.2. The topological polar surface area (TPSA) is 70.9 Å². The van der Waals surface area contributed by atoms with Crippen molar-refractivity contribution in [1.82, 2.24) is 5.43 Å². The van der Waals surface area contributed by atoms with Gasteiger partial charge in [-0.15, -0.1) is 0 Å². The van der Waals surface area contributed by atoms with Crippen LogP contribution in [0.3, 0.4) is 0 Å². The number of phenols is 1. The van der Waals surface area contributed by atoms with Crippen LogP contribution in [0.2, 0.25) is 10.0 Å². The van der Waals surface area contributed by atoms with Crippen molar-refractivity contribution in [2.24, 2.45) is 11.0 Å². The zero-order valence-electron chi connectivity index (χ0n) is 13.8. The highest BCUT2D eigenvalue weighted by atomic mass is 35.5. The minimum atomic E-state index is -0.398. The van der Waals surface area contributed by atoms with Crippen molar-refractivity contribution in [2.75, 3.05) is 6.61 Å². The van der Waals surface area contributed by atoms with Crippen LogP contribution >= 0.6 is 23.2 Å². The number of halogens is 2. The van der Waals surface area contributed by atoms with Crippen LogP contribution in [0.15, 0.2) is 41.5 Å². The van der Waals surface area contributed by atoms with Gasteiger partial charge in [-0.2, -0.15) is 5.10 Å². The smallest absolute Gasteiger partial charge is 0.271 e. The minimum Gasteiger partial charge on any atom is -0.508 e. The molecule has 0 saturated carbocycles. The maximum absolute atomic E-state index is 11.9. The first-order chi connectivity index (χ1) is 11.9. The van der Waals surface area contributed by atoms with E-state index < -0.39 is 5.91 Å². The van der Waals surface area contributed by atoms with Crippen LogP contribution in [0, 0.1) is 5.92 Å². The fraction of sp³-hybridized carbons (Fsp3) is 0.222. The van der Waals surface area contributed by atoms with Gasteiger partial charge >= 0.3 is 0 Å². The molecule has 1 amide bonds. The van der Waals surface area contributed by atoms with E-state index in [2.05, 4.69) is 10.5 Å². The number of aromatic hydroxyl groups is 1. The van der Waals surface area contributed by atoms with Crippen LogP contribution in [-0.4, -0.2) is 23.8 Å². The predicted octanol–water partition coefficient (Wildman–Crippen LogP) is 4.50. The Bertz CT molecular complexity index is 751. The number of nitrogens with one attached hydrogen (secondary N) is 1. The summed E-state index contributed by atoms with van der Waals surface area (Å²) >= 11 is 12.4. The molecular formula is C18H18Cl2N2O3. The van der Waals surface area contributed by atoms with Gasteiger partial charge in [-0.25, -0.2) is 5.43 Å². The minimum absolute atomic E-state index is 0.0871. The monoisotopic (exact) mass is 380 g/mol. The van der Waals surface area contributed by atoms with E-state index in [-0.39, 0.29) is 5.75 Å². The summed E-state index contributed by atoms with van der Waals surface area (Å²) in [5, 5.41) is 13.8. The molecule has 0 aliphatic heterocycles. The van der Waals surface area contributed by atoms with E-state index in [9.17, 15) is 9.90 Å². The van der Waals surface area contributed by atoms with E-state index in [1.54, 1.807) is 12.1 Å². The third kappa shape index (κ3) is 5.66. The first kappa shape index (κ1) is 19.1. The fourth-order valence-corrected chi connectivity index (χ4v) is 2.50. The quantitative estimate of drug-likeness (QED) is 0.572. The Labute approximate surface area is 156 Å². The lowest BCUT2D eigenvalue weighted by molar-refractivity contribution is 0.0955. The molecule has 0 aliphatic rings. The first-order valence-corrected chi connectivity index (χ1v) is 8.36. The summed E-state index contributed by atoms with van der Waals surface area (Å²) in [6, 6.07) is 9.14. The lowest BCUT2D eigenvalue weighted by Crippen LogP contribution is -2.17. The van der Waals surface area contributed by atoms with Crippen molar-refractivity contribution in [3.05, 3.63) is 57.6 Å². The largest absolute Gasteiger partial charge is 0.508 e. The molecule has 0 saturated heterocycles. The summed E-state index contributed by atoms with van der Waals surface area (Å²) in [7, 11) is 0. The Balaban J connectivity index is 2.03. The van der Waals surface area contributed by atoms with E-state index in [0.717, 1.165) is 0 Å². The van der Waals surface area contributed by atoms with Crippen molar-refractivity contribution in [1.29, 1.82) is 0 Å². The van der Waals surface area contributed by atoms with Crippen LogP contribution in [0.1, 0.15) is 29.8 Å². The molecule has 2 N–H and O–H groups in total. The molecule has 2 aromatic rings. The van der Waals surface area contributed by atoms with Gasteiger partial charge in [-0.3, -0.25) is 4.79 Å². The number of phenolic OH excluding ortho intramolecular Hbond substituents is 1. The van der Waals surface area contributed by atoms with E-state index in [1.165, 1.54) is 30.5 Å². The Morgan fingerprint density at radius 2 is 1.84 bits per heavy atom. The lowest BCUT2D eigenvalue weighted by Gasteiger charge is -2.12. The number of carbonyl (C=O) groups excluding carboxylic acids is 1. The van der Waals surface area contributed by atoms with Crippen LogP contribution < -0.4 is 10.2 Å². The summed E-state index contributed by atoms with van der Waals surface area (Å²) in [4.78, 5) is 11.9. The molecule has 5 nitrogen and oxygen atoms in total. The molecule has 2 aromatic carbocycles. The maximum atomic E-state index is 11.9. The van der Waals surface area contributed by atoms with Gasteiger partial charge in [0, 0.05) is 5.56 Å². The van der Waals surface area contributed by atoms with Crippen LogP contribution in [0.4, 0.5) is 0 Å². The van der Waals surface area contributed by atoms with E-state index >= 15 is 0 Å². The second-order valence-corrected chi connectivity index (χ2v) is 6.58. The number of ether oxygens (including phenoxy) is 1. The Morgan fingerprint density at radius 1 is 1.24 bits per heavy atom. The molecule has 7 heteroatoms. The van der Waals surface area contributed by atoms with Crippen molar-refractivity contribution >= 4 is 35.3 Å². The Hall–Kier alpha value is -2.24. The van der Waals surface area contributed by atoms with Crippen LogP contribution in [-0.2, 0) is 0 Å². The molecule has 0 aromatic heterocycles. The molecule has 0 fully saturated rings. The molecule has 132 valence electrons. The average Bonchev–Trinajstić information content (AvgIpc) is 2.54. The maximum Gasteiger partial charge on any atom is 0.271 e. The zero-order chi connectivity index (χ0) is 18.4. The second kappa shape index (κ2) is 8.74. The summed E-state index contributed by atoms with van der Waals surface area (Å²) in [5.74, 6) is 0.472. The summed E-state index contributed by atoms with van der Waals surface area (Å²) < 4.78 is 5.60. The molecule has 0 atom stereocenters. The average molecular weight is 381 g/mol. The summed E-state index contributed by atoms with van der Waals surface area (Å²) in [5.41, 5.74) is 3.39. The number of carbonyl (C=O) groups is 1. The van der Waals surface area contributed by atoms with Gasteiger partial charge in [0.05, 0.1) is 22.9 Å². The number of hydrogen-bond acceptors (Lipinski definition) is 4. The number of hydrogen-bond donors (Lipinski definition) is 2. The van der Waals surface area contributed by atoms with Gasteiger partial charge in [-0.1, -0.05) is 37.0 Å². The molecular weight excluding hydrogens is 363 g/mol. The predicted molar refractivity (Wildman–Crippen MR) is 100.0 cm³/mol. The van der Waals surface area contributed by atoms with E-state index in [0.29, 0.717) is 39.4 Å². The van der Waals surface area contributed by atoms with Gasteiger partial charge in [0.1, 0.15) is 5.75 Å². The Morgan fingerprint density at radius 3 is 2.40 bits per heavy atom. The molecule has 0 heterocycles. The highest BCUT2D eigenvalue weighted by Crippen LogP contribution is 2.34. The van der Waals surface area contributed by atoms with Crippen molar-refractivity contribution in [2.45, 2.75) is 13.8 Å². The highest BCUT2D eigenvalue weighted by molar-refractivity contribution is 6.37. The zero-order valence-corrected chi connectivity index (χ0v) is 15.3. The molecule has 0 unspecified atom stereocenters. The highest BCUT2D eigenvalue weighted by Gasteiger charge is 2.10. The standard InChI is InChI=1S/C18H18Cl2N2O3/c1-11(2)10-25-17-15(19)7-12(8-16(17)20)9-21-22-18(24)13-3-5-14(23)6-4-13/h3-9,11,23H,10H2,1-2H3,(H,22,24)/b21-9-. The fourth-order valence-electron chi connectivity index (χ4n) is 1.88. The summed E-state index contributed by atoms with van der Waals surface area (Å²) in [6.07, 6.45) is 1.43. The third-order valence-electron chi connectivity index (χ3n) is 3.09. The molecule has 25 heavy (non-hydrogen) atoms. The van der Waals surface area contributed by atoms with Gasteiger partial charge in [-0.05, 0) is 47.9 Å². The van der Waals surface area contributed by atoms with Crippen LogP contribution in [0.5, 0.6) is 11.5 Å².